The molecule has 0 radical (unpaired) electrons. The molecule has 0 aliphatic rings. The summed E-state index contributed by atoms with van der Waals surface area (Å²) in [4.78, 5) is 22.4. The predicted molar refractivity (Wildman–Crippen MR) is 53.5 cm³/mol. The lowest BCUT2D eigenvalue weighted by molar-refractivity contribution is 0.0917. The molecule has 6 nitrogen and oxygen atoms in total. The van der Waals surface area contributed by atoms with Crippen molar-refractivity contribution >= 4 is 5.91 Å². The van der Waals surface area contributed by atoms with Crippen molar-refractivity contribution in [3.8, 4) is 0 Å². The maximum atomic E-state index is 11.4. The highest BCUT2D eigenvalue weighted by Gasteiger charge is 2.08. The van der Waals surface area contributed by atoms with E-state index in [0.29, 0.717) is 0 Å². The van der Waals surface area contributed by atoms with E-state index in [1.54, 1.807) is 6.92 Å². The van der Waals surface area contributed by atoms with Crippen molar-refractivity contribution in [1.82, 2.24) is 15.1 Å². The lowest BCUT2D eigenvalue weighted by Gasteiger charge is -2.06. The fourth-order valence-electron chi connectivity index (χ4n) is 0.954. The van der Waals surface area contributed by atoms with Crippen LogP contribution in [0.5, 0.6) is 0 Å². The number of hydrogen-bond donors (Lipinski definition) is 2. The molecule has 15 heavy (non-hydrogen) atoms. The van der Waals surface area contributed by atoms with Crippen LogP contribution in [0.1, 0.15) is 17.4 Å². The molecule has 1 amide bonds. The molecular weight excluding hydrogens is 198 g/mol. The summed E-state index contributed by atoms with van der Waals surface area (Å²) in [6, 6.07) is 2.62. The van der Waals surface area contributed by atoms with Gasteiger partial charge in [-0.3, -0.25) is 9.59 Å². The van der Waals surface area contributed by atoms with Crippen molar-refractivity contribution in [1.29, 1.82) is 0 Å². The van der Waals surface area contributed by atoms with Gasteiger partial charge in [0.2, 0.25) is 0 Å². The molecule has 1 heterocycles. The van der Waals surface area contributed by atoms with Gasteiger partial charge in [0.25, 0.3) is 11.5 Å². The summed E-state index contributed by atoms with van der Waals surface area (Å²) in [5.41, 5.74) is -0.125. The fraction of sp³-hybridized carbons (Fsp3) is 0.444. The Morgan fingerprint density at radius 3 is 2.87 bits per heavy atom. The summed E-state index contributed by atoms with van der Waals surface area (Å²) in [5, 5.41) is 15.2. The Hall–Kier alpha value is -1.69. The summed E-state index contributed by atoms with van der Waals surface area (Å²) in [6.07, 6.45) is -0.610. The highest BCUT2D eigenvalue weighted by Crippen LogP contribution is 1.89. The summed E-state index contributed by atoms with van der Waals surface area (Å²) in [7, 11) is 1.47. The maximum absolute atomic E-state index is 11.4. The van der Waals surface area contributed by atoms with Gasteiger partial charge in [-0.15, -0.1) is 0 Å². The molecular formula is C9H13N3O3. The van der Waals surface area contributed by atoms with Gasteiger partial charge in [-0.25, -0.2) is 4.68 Å². The summed E-state index contributed by atoms with van der Waals surface area (Å²) in [6.45, 7) is 1.72. The zero-order chi connectivity index (χ0) is 11.4. The van der Waals surface area contributed by atoms with Gasteiger partial charge in [0.05, 0.1) is 6.10 Å². The van der Waals surface area contributed by atoms with Gasteiger partial charge in [0.1, 0.15) is 5.69 Å². The number of amides is 1. The van der Waals surface area contributed by atoms with Crippen LogP contribution in [0.2, 0.25) is 0 Å². The third-order valence-corrected chi connectivity index (χ3v) is 1.75. The largest absolute Gasteiger partial charge is 0.392 e. The Labute approximate surface area is 86.5 Å². The second-order valence-electron chi connectivity index (χ2n) is 3.24. The van der Waals surface area contributed by atoms with Crippen molar-refractivity contribution in [3.05, 3.63) is 28.2 Å². The predicted octanol–water partition coefficient (Wildman–Crippen LogP) is -1.11. The minimum Gasteiger partial charge on any atom is -0.392 e. The van der Waals surface area contributed by atoms with E-state index in [1.807, 2.05) is 0 Å². The van der Waals surface area contributed by atoms with E-state index in [1.165, 1.54) is 19.2 Å². The van der Waals surface area contributed by atoms with Crippen molar-refractivity contribution < 1.29 is 9.90 Å². The molecule has 2 N–H and O–H groups in total. The van der Waals surface area contributed by atoms with Crippen LogP contribution in [0, 0.1) is 0 Å². The Bertz CT molecular complexity index is 411. The first-order valence-electron chi connectivity index (χ1n) is 4.51. The summed E-state index contributed by atoms with van der Waals surface area (Å²) < 4.78 is 1.08. The number of nitrogens with one attached hydrogen (secondary N) is 1. The monoisotopic (exact) mass is 211 g/mol. The Morgan fingerprint density at radius 2 is 2.33 bits per heavy atom. The summed E-state index contributed by atoms with van der Waals surface area (Å²) >= 11 is 0. The molecule has 1 aromatic rings. The Morgan fingerprint density at radius 1 is 1.67 bits per heavy atom. The lowest BCUT2D eigenvalue weighted by atomic mass is 10.3. The second-order valence-corrected chi connectivity index (χ2v) is 3.24. The van der Waals surface area contributed by atoms with Crippen LogP contribution in [0.25, 0.3) is 0 Å². The standard InChI is InChI=1S/C9H13N3O3/c1-6(13)5-10-9(15)7-3-4-8(14)12(2)11-7/h3-4,6,13H,5H2,1-2H3,(H,10,15)/t6-/m1/s1. The van der Waals surface area contributed by atoms with E-state index in [2.05, 4.69) is 10.4 Å². The molecule has 0 aromatic carbocycles. The van der Waals surface area contributed by atoms with Crippen LogP contribution in [0.4, 0.5) is 0 Å². The van der Waals surface area contributed by atoms with Crippen molar-refractivity contribution in [2.24, 2.45) is 7.05 Å². The number of hydrogen-bond acceptors (Lipinski definition) is 4. The van der Waals surface area contributed by atoms with Gasteiger partial charge in [-0.05, 0) is 13.0 Å². The average molecular weight is 211 g/mol. The van der Waals surface area contributed by atoms with Crippen LogP contribution in [0.15, 0.2) is 16.9 Å². The van der Waals surface area contributed by atoms with Gasteiger partial charge in [-0.2, -0.15) is 5.10 Å². The van der Waals surface area contributed by atoms with Crippen LogP contribution in [-0.2, 0) is 7.05 Å². The third-order valence-electron chi connectivity index (χ3n) is 1.75. The van der Waals surface area contributed by atoms with Crippen molar-refractivity contribution in [2.75, 3.05) is 6.54 Å². The Kier molecular flexibility index (Phi) is 3.56. The highest BCUT2D eigenvalue weighted by atomic mass is 16.3. The molecule has 0 saturated heterocycles. The van der Waals surface area contributed by atoms with E-state index < -0.39 is 12.0 Å². The number of rotatable bonds is 3. The zero-order valence-electron chi connectivity index (χ0n) is 8.60. The third kappa shape index (κ3) is 3.17. The van der Waals surface area contributed by atoms with E-state index >= 15 is 0 Å². The minimum atomic E-state index is -0.610. The number of carbonyl (C=O) groups excluding carboxylic acids is 1. The SMILES string of the molecule is C[C@@H](O)CNC(=O)c1ccc(=O)n(C)n1. The topological polar surface area (TPSA) is 84.2 Å². The molecule has 82 valence electrons. The van der Waals surface area contributed by atoms with Crippen LogP contribution in [0.3, 0.4) is 0 Å². The smallest absolute Gasteiger partial charge is 0.271 e. The van der Waals surface area contributed by atoms with Crippen molar-refractivity contribution in [2.45, 2.75) is 13.0 Å². The molecule has 0 aliphatic carbocycles. The highest BCUT2D eigenvalue weighted by molar-refractivity contribution is 5.91. The van der Waals surface area contributed by atoms with E-state index in [0.717, 1.165) is 4.68 Å². The first-order valence-corrected chi connectivity index (χ1v) is 4.51. The number of aromatic nitrogens is 2. The van der Waals surface area contributed by atoms with Gasteiger partial charge >= 0.3 is 0 Å². The van der Waals surface area contributed by atoms with Crippen molar-refractivity contribution in [3.63, 3.8) is 0 Å². The average Bonchev–Trinajstić information content (AvgIpc) is 2.18. The van der Waals surface area contributed by atoms with Crippen LogP contribution in [-0.4, -0.2) is 33.4 Å². The van der Waals surface area contributed by atoms with E-state index in [-0.39, 0.29) is 17.8 Å². The van der Waals surface area contributed by atoms with Gasteiger partial charge in [-0.1, -0.05) is 0 Å². The van der Waals surface area contributed by atoms with E-state index in [4.69, 9.17) is 5.11 Å². The number of aliphatic hydroxyl groups excluding tert-OH is 1. The molecule has 0 fully saturated rings. The molecule has 1 rings (SSSR count). The van der Waals surface area contributed by atoms with Gasteiger partial charge in [0.15, 0.2) is 0 Å². The quantitative estimate of drug-likeness (QED) is 0.664. The molecule has 0 spiro atoms. The first-order chi connectivity index (χ1) is 7.00. The maximum Gasteiger partial charge on any atom is 0.271 e. The molecule has 0 saturated carbocycles. The lowest BCUT2D eigenvalue weighted by Crippen LogP contribution is -2.32. The van der Waals surface area contributed by atoms with Gasteiger partial charge < -0.3 is 10.4 Å². The van der Waals surface area contributed by atoms with E-state index in [9.17, 15) is 9.59 Å². The molecule has 1 aromatic heterocycles. The zero-order valence-corrected chi connectivity index (χ0v) is 8.60. The number of aryl methyl sites for hydroxylation is 1. The normalized spacial score (nSPS) is 12.2. The fourth-order valence-corrected chi connectivity index (χ4v) is 0.954. The second kappa shape index (κ2) is 4.70. The van der Waals surface area contributed by atoms with Crippen LogP contribution >= 0.6 is 0 Å². The Balaban J connectivity index is 2.74. The minimum absolute atomic E-state index is 0.151. The first kappa shape index (κ1) is 11.4. The summed E-state index contributed by atoms with van der Waals surface area (Å²) in [5.74, 6) is -0.411. The van der Waals surface area contributed by atoms with Gasteiger partial charge in [0, 0.05) is 19.7 Å². The number of aliphatic hydroxyl groups is 1. The van der Waals surface area contributed by atoms with Crippen LogP contribution < -0.4 is 10.9 Å². The molecule has 0 unspecified atom stereocenters. The molecule has 1 atom stereocenters. The number of nitrogens with zero attached hydrogens (tertiary/aromatic N) is 2. The number of carbonyl (C=O) groups is 1. The molecule has 6 heteroatoms. The molecule has 0 aliphatic heterocycles. The molecule has 0 bridgehead atoms.